The Kier molecular flexibility index (Phi) is 5.04. The zero-order chi connectivity index (χ0) is 17.8. The van der Waals surface area contributed by atoms with Gasteiger partial charge in [-0.2, -0.15) is 0 Å². The highest BCUT2D eigenvalue weighted by atomic mass is 32.2. The number of thioether (sulfide) groups is 1. The van der Waals surface area contributed by atoms with E-state index in [0.29, 0.717) is 11.5 Å². The molecule has 3 aromatic rings. The van der Waals surface area contributed by atoms with Gasteiger partial charge >= 0.3 is 0 Å². The van der Waals surface area contributed by atoms with Crippen molar-refractivity contribution in [1.29, 1.82) is 0 Å². The highest BCUT2D eigenvalue weighted by molar-refractivity contribution is 8.06. The first-order valence-electron chi connectivity index (χ1n) is 7.91. The molecule has 0 aliphatic rings. The minimum absolute atomic E-state index is 0.611. The number of imidazole rings is 1. The lowest BCUT2D eigenvalue weighted by Crippen LogP contribution is -2.02. The Bertz CT molecular complexity index is 926. The number of hydrogen-bond acceptors (Lipinski definition) is 6. The molecule has 3 aromatic heterocycles. The molecular formula is C18H20N6S. The molecule has 0 radical (unpaired) electrons. The molecule has 0 aliphatic carbocycles. The van der Waals surface area contributed by atoms with Crippen molar-refractivity contribution in [3.8, 4) is 0 Å². The van der Waals surface area contributed by atoms with E-state index in [2.05, 4.69) is 33.8 Å². The van der Waals surface area contributed by atoms with Gasteiger partial charge in [0.25, 0.3) is 0 Å². The number of aryl methyl sites for hydroxylation is 2. The van der Waals surface area contributed by atoms with Crippen LogP contribution in [0.15, 0.2) is 53.8 Å². The van der Waals surface area contributed by atoms with Crippen molar-refractivity contribution in [3.05, 3.63) is 70.8 Å². The Morgan fingerprint density at radius 2 is 2.24 bits per heavy atom. The summed E-state index contributed by atoms with van der Waals surface area (Å²) in [5, 5.41) is 5.75. The van der Waals surface area contributed by atoms with Gasteiger partial charge in [0.15, 0.2) is 0 Å². The van der Waals surface area contributed by atoms with Gasteiger partial charge in [0.05, 0.1) is 22.1 Å². The molecule has 0 saturated carbocycles. The van der Waals surface area contributed by atoms with E-state index in [9.17, 15) is 0 Å². The molecular weight excluding hydrogens is 332 g/mol. The van der Waals surface area contributed by atoms with Crippen LogP contribution in [-0.4, -0.2) is 19.4 Å². The predicted molar refractivity (Wildman–Crippen MR) is 104 cm³/mol. The fraction of sp³-hybridized carbons (Fsp3) is 0.167. The SMILES string of the molecule is C=C(Nc1ccc(CC)cn1)S/C=C(\N)c1c(C)nc2ncccn12. The van der Waals surface area contributed by atoms with Gasteiger partial charge in [-0.25, -0.2) is 15.0 Å². The number of aromatic nitrogens is 4. The van der Waals surface area contributed by atoms with E-state index in [1.165, 1.54) is 17.3 Å². The summed E-state index contributed by atoms with van der Waals surface area (Å²) in [7, 11) is 0. The van der Waals surface area contributed by atoms with Crippen LogP contribution in [0.3, 0.4) is 0 Å². The Morgan fingerprint density at radius 1 is 1.40 bits per heavy atom. The van der Waals surface area contributed by atoms with Crippen LogP contribution in [0.25, 0.3) is 11.5 Å². The Labute approximate surface area is 150 Å². The summed E-state index contributed by atoms with van der Waals surface area (Å²) in [6.45, 7) is 8.03. The number of nitrogens with zero attached hydrogens (tertiary/aromatic N) is 4. The first-order valence-corrected chi connectivity index (χ1v) is 8.79. The summed E-state index contributed by atoms with van der Waals surface area (Å²) in [6, 6.07) is 5.84. The van der Waals surface area contributed by atoms with Crippen molar-refractivity contribution in [1.82, 2.24) is 19.4 Å². The maximum atomic E-state index is 6.25. The summed E-state index contributed by atoms with van der Waals surface area (Å²) in [5.74, 6) is 1.39. The van der Waals surface area contributed by atoms with E-state index >= 15 is 0 Å². The number of nitrogens with one attached hydrogen (secondary N) is 1. The minimum Gasteiger partial charge on any atom is -0.397 e. The van der Waals surface area contributed by atoms with Gasteiger partial charge < -0.3 is 11.1 Å². The number of hydrogen-bond donors (Lipinski definition) is 2. The van der Waals surface area contributed by atoms with Crippen molar-refractivity contribution in [2.24, 2.45) is 5.73 Å². The normalized spacial score (nSPS) is 11.7. The molecule has 25 heavy (non-hydrogen) atoms. The van der Waals surface area contributed by atoms with E-state index in [0.717, 1.165) is 28.7 Å². The zero-order valence-corrected chi connectivity index (χ0v) is 15.0. The lowest BCUT2D eigenvalue weighted by atomic mass is 10.2. The molecule has 0 atom stereocenters. The van der Waals surface area contributed by atoms with Crippen molar-refractivity contribution >= 4 is 29.1 Å². The summed E-state index contributed by atoms with van der Waals surface area (Å²) >= 11 is 1.41. The first-order chi connectivity index (χ1) is 12.1. The topological polar surface area (TPSA) is 81.1 Å². The Morgan fingerprint density at radius 3 is 2.96 bits per heavy atom. The molecule has 7 heteroatoms. The van der Waals surface area contributed by atoms with Crippen molar-refractivity contribution in [3.63, 3.8) is 0 Å². The van der Waals surface area contributed by atoms with Gasteiger partial charge in [0.2, 0.25) is 5.78 Å². The number of rotatable bonds is 6. The summed E-state index contributed by atoms with van der Waals surface area (Å²) in [4.78, 5) is 13.0. The lowest BCUT2D eigenvalue weighted by Gasteiger charge is -2.08. The second-order valence-corrected chi connectivity index (χ2v) is 6.44. The molecule has 0 aliphatic heterocycles. The average molecular weight is 352 g/mol. The fourth-order valence-electron chi connectivity index (χ4n) is 2.42. The lowest BCUT2D eigenvalue weighted by molar-refractivity contribution is 1.09. The third-order valence-electron chi connectivity index (χ3n) is 3.68. The molecule has 128 valence electrons. The second kappa shape index (κ2) is 7.40. The van der Waals surface area contributed by atoms with Gasteiger partial charge in [0.1, 0.15) is 5.82 Å². The van der Waals surface area contributed by atoms with E-state index in [1.54, 1.807) is 6.20 Å². The summed E-state index contributed by atoms with van der Waals surface area (Å²) < 4.78 is 1.88. The molecule has 0 amide bonds. The van der Waals surface area contributed by atoms with Crippen LogP contribution in [0, 0.1) is 6.92 Å². The predicted octanol–water partition coefficient (Wildman–Crippen LogP) is 3.57. The van der Waals surface area contributed by atoms with Gasteiger partial charge in [-0.1, -0.05) is 31.3 Å². The quantitative estimate of drug-likeness (QED) is 0.706. The number of nitrogens with two attached hydrogens (primary N) is 1. The molecule has 0 spiro atoms. The van der Waals surface area contributed by atoms with E-state index in [-0.39, 0.29) is 0 Å². The molecule has 6 nitrogen and oxygen atoms in total. The van der Waals surface area contributed by atoms with Gasteiger partial charge in [-0.3, -0.25) is 4.40 Å². The van der Waals surface area contributed by atoms with Crippen LogP contribution in [0.5, 0.6) is 0 Å². The third-order valence-corrected chi connectivity index (χ3v) is 4.44. The molecule has 0 bridgehead atoms. The molecule has 3 rings (SSSR count). The third kappa shape index (κ3) is 3.83. The van der Waals surface area contributed by atoms with Crippen molar-refractivity contribution in [2.75, 3.05) is 5.32 Å². The van der Waals surface area contributed by atoms with Gasteiger partial charge in [0, 0.05) is 24.0 Å². The van der Waals surface area contributed by atoms with Gasteiger partial charge in [-0.15, -0.1) is 0 Å². The Hall–Kier alpha value is -2.80. The number of fused-ring (bicyclic) bond motifs is 1. The van der Waals surface area contributed by atoms with Crippen LogP contribution in [0.4, 0.5) is 5.82 Å². The maximum absolute atomic E-state index is 6.25. The molecule has 3 heterocycles. The monoisotopic (exact) mass is 352 g/mol. The van der Waals surface area contributed by atoms with E-state index in [1.807, 2.05) is 47.3 Å². The van der Waals surface area contributed by atoms with E-state index in [4.69, 9.17) is 5.73 Å². The first kappa shape index (κ1) is 17.0. The summed E-state index contributed by atoms with van der Waals surface area (Å²) in [6.07, 6.45) is 6.44. The standard InChI is InChI=1S/C18H20N6S/c1-4-14-6-7-16(21-10-14)23-13(3)25-11-15(19)17-12(2)22-18-20-8-5-9-24(17)18/h5-11H,3-4,19H2,1-2H3,(H,21,23)/b15-11-. The van der Waals surface area contributed by atoms with Crippen LogP contribution in [-0.2, 0) is 6.42 Å². The largest absolute Gasteiger partial charge is 0.397 e. The smallest absolute Gasteiger partial charge is 0.234 e. The average Bonchev–Trinajstić information content (AvgIpc) is 2.96. The molecule has 3 N–H and O–H groups in total. The molecule has 0 unspecified atom stereocenters. The van der Waals surface area contributed by atoms with Crippen LogP contribution in [0.1, 0.15) is 23.9 Å². The zero-order valence-electron chi connectivity index (χ0n) is 14.2. The number of anilines is 1. The van der Waals surface area contributed by atoms with Crippen LogP contribution in [0.2, 0.25) is 0 Å². The fourth-order valence-corrected chi connectivity index (χ4v) is 2.96. The maximum Gasteiger partial charge on any atom is 0.234 e. The molecule has 0 saturated heterocycles. The highest BCUT2D eigenvalue weighted by Crippen LogP contribution is 2.23. The van der Waals surface area contributed by atoms with Crippen LogP contribution >= 0.6 is 11.8 Å². The highest BCUT2D eigenvalue weighted by Gasteiger charge is 2.11. The minimum atomic E-state index is 0.611. The second-order valence-electron chi connectivity index (χ2n) is 5.48. The molecule has 0 aromatic carbocycles. The summed E-state index contributed by atoms with van der Waals surface area (Å²) in [5.41, 5.74) is 9.74. The van der Waals surface area contributed by atoms with E-state index < -0.39 is 0 Å². The van der Waals surface area contributed by atoms with Crippen LogP contribution < -0.4 is 11.1 Å². The van der Waals surface area contributed by atoms with Gasteiger partial charge in [-0.05, 0) is 31.0 Å². The molecule has 0 fully saturated rings. The van der Waals surface area contributed by atoms with Crippen molar-refractivity contribution in [2.45, 2.75) is 20.3 Å². The van der Waals surface area contributed by atoms with Crippen molar-refractivity contribution < 1.29 is 0 Å². The Balaban J connectivity index is 1.71. The number of pyridine rings is 1.